The number of aromatic hydroxyl groups is 1. The number of methoxy groups -OCH3 is 1. The Kier molecular flexibility index (Phi) is 3.87. The number of hydrogen-bond donors (Lipinski definition) is 2. The molecule has 98 valence electrons. The lowest BCUT2D eigenvalue weighted by molar-refractivity contribution is 0.102. The highest BCUT2D eigenvalue weighted by atomic mass is 35.5. The first kappa shape index (κ1) is 13.2. The van der Waals surface area contributed by atoms with Gasteiger partial charge in [0.05, 0.1) is 12.7 Å². The summed E-state index contributed by atoms with van der Waals surface area (Å²) in [6.07, 6.45) is 1.48. The zero-order valence-electron chi connectivity index (χ0n) is 10.1. The fourth-order valence-corrected chi connectivity index (χ4v) is 1.72. The monoisotopic (exact) mass is 278 g/mol. The molecule has 1 aromatic heterocycles. The highest BCUT2D eigenvalue weighted by Crippen LogP contribution is 2.29. The SMILES string of the molecule is COc1cccc(C(=O)Nc2ccnc(Cl)c2)c1O. The van der Waals surface area contributed by atoms with E-state index < -0.39 is 5.91 Å². The number of halogens is 1. The van der Waals surface area contributed by atoms with E-state index in [0.717, 1.165) is 0 Å². The number of phenols is 1. The van der Waals surface area contributed by atoms with Gasteiger partial charge in [-0.1, -0.05) is 17.7 Å². The molecule has 0 radical (unpaired) electrons. The molecule has 6 heteroatoms. The van der Waals surface area contributed by atoms with Crippen LogP contribution in [0.25, 0.3) is 0 Å². The van der Waals surface area contributed by atoms with Crippen molar-refractivity contribution in [2.45, 2.75) is 0 Å². The van der Waals surface area contributed by atoms with Crippen LogP contribution in [-0.4, -0.2) is 23.1 Å². The molecule has 0 atom stereocenters. The molecule has 0 aliphatic heterocycles. The predicted molar refractivity (Wildman–Crippen MR) is 71.9 cm³/mol. The molecular formula is C13H11ClN2O3. The van der Waals surface area contributed by atoms with Crippen LogP contribution in [0.15, 0.2) is 36.5 Å². The Labute approximate surface area is 114 Å². The number of para-hydroxylation sites is 1. The van der Waals surface area contributed by atoms with Crippen LogP contribution in [0.3, 0.4) is 0 Å². The first-order chi connectivity index (χ1) is 9.11. The van der Waals surface area contributed by atoms with Gasteiger partial charge in [-0.25, -0.2) is 4.98 Å². The molecule has 2 N–H and O–H groups in total. The summed E-state index contributed by atoms with van der Waals surface area (Å²) in [6, 6.07) is 7.79. The van der Waals surface area contributed by atoms with Gasteiger partial charge in [-0.15, -0.1) is 0 Å². The molecule has 0 fully saturated rings. The number of nitrogens with one attached hydrogen (secondary N) is 1. The van der Waals surface area contributed by atoms with Crippen molar-refractivity contribution in [1.29, 1.82) is 0 Å². The normalized spacial score (nSPS) is 10.0. The Morgan fingerprint density at radius 3 is 2.89 bits per heavy atom. The number of pyridine rings is 1. The van der Waals surface area contributed by atoms with Crippen molar-refractivity contribution in [1.82, 2.24) is 4.98 Å². The predicted octanol–water partition coefficient (Wildman–Crippen LogP) is 2.70. The highest BCUT2D eigenvalue weighted by Gasteiger charge is 2.14. The molecule has 0 bridgehead atoms. The molecule has 19 heavy (non-hydrogen) atoms. The molecule has 0 spiro atoms. The standard InChI is InChI=1S/C13H11ClN2O3/c1-19-10-4-2-3-9(12(10)17)13(18)16-8-5-6-15-11(14)7-8/h2-7,17H,1H3,(H,15,16,18). The van der Waals surface area contributed by atoms with Crippen LogP contribution < -0.4 is 10.1 Å². The van der Waals surface area contributed by atoms with Gasteiger partial charge in [0.1, 0.15) is 5.15 Å². The number of anilines is 1. The zero-order valence-corrected chi connectivity index (χ0v) is 10.8. The Morgan fingerprint density at radius 1 is 1.42 bits per heavy atom. The van der Waals surface area contributed by atoms with E-state index in [2.05, 4.69) is 10.3 Å². The number of phenolic OH excluding ortho intramolecular Hbond substituents is 1. The van der Waals surface area contributed by atoms with Crippen LogP contribution in [0.1, 0.15) is 10.4 Å². The first-order valence-corrected chi connectivity index (χ1v) is 5.78. The molecule has 5 nitrogen and oxygen atoms in total. The number of rotatable bonds is 3. The van der Waals surface area contributed by atoms with Gasteiger partial charge in [-0.05, 0) is 24.3 Å². The van der Waals surface area contributed by atoms with Crippen LogP contribution >= 0.6 is 11.6 Å². The molecule has 1 heterocycles. The second-order valence-corrected chi connectivity index (χ2v) is 4.07. The van der Waals surface area contributed by atoms with Gasteiger partial charge in [0, 0.05) is 11.9 Å². The van der Waals surface area contributed by atoms with Gasteiger partial charge in [0.15, 0.2) is 11.5 Å². The van der Waals surface area contributed by atoms with Crippen LogP contribution in [0, 0.1) is 0 Å². The van der Waals surface area contributed by atoms with Crippen molar-refractivity contribution in [3.05, 3.63) is 47.2 Å². The molecule has 1 aromatic carbocycles. The minimum absolute atomic E-state index is 0.118. The van der Waals surface area contributed by atoms with Gasteiger partial charge < -0.3 is 15.2 Å². The Bertz CT molecular complexity index is 617. The largest absolute Gasteiger partial charge is 0.504 e. The minimum atomic E-state index is -0.460. The topological polar surface area (TPSA) is 71.5 Å². The van der Waals surface area contributed by atoms with E-state index in [1.54, 1.807) is 18.2 Å². The summed E-state index contributed by atoms with van der Waals surface area (Å²) < 4.78 is 4.94. The molecular weight excluding hydrogens is 268 g/mol. The summed E-state index contributed by atoms with van der Waals surface area (Å²) in [5.41, 5.74) is 0.611. The maximum absolute atomic E-state index is 12.0. The molecule has 0 unspecified atom stereocenters. The Morgan fingerprint density at radius 2 is 2.21 bits per heavy atom. The number of carbonyl (C=O) groups excluding carboxylic acids is 1. The Balaban J connectivity index is 2.25. The molecule has 0 aliphatic carbocycles. The van der Waals surface area contributed by atoms with E-state index >= 15 is 0 Å². The third-order valence-corrected chi connectivity index (χ3v) is 2.65. The lowest BCUT2D eigenvalue weighted by atomic mass is 10.1. The number of aromatic nitrogens is 1. The number of ether oxygens (including phenoxy) is 1. The van der Waals surface area contributed by atoms with Gasteiger partial charge in [-0.3, -0.25) is 4.79 Å². The van der Waals surface area contributed by atoms with Crippen LogP contribution in [0.5, 0.6) is 11.5 Å². The summed E-state index contributed by atoms with van der Waals surface area (Å²) in [5, 5.41) is 12.8. The summed E-state index contributed by atoms with van der Waals surface area (Å²) in [6.45, 7) is 0. The molecule has 2 aromatic rings. The van der Waals surface area contributed by atoms with Gasteiger partial charge >= 0.3 is 0 Å². The van der Waals surface area contributed by atoms with Crippen molar-refractivity contribution < 1.29 is 14.6 Å². The fourth-order valence-electron chi connectivity index (χ4n) is 1.55. The molecule has 0 saturated heterocycles. The van der Waals surface area contributed by atoms with Crippen LogP contribution in [0.2, 0.25) is 5.15 Å². The average Bonchev–Trinajstić information content (AvgIpc) is 2.39. The number of hydrogen-bond acceptors (Lipinski definition) is 4. The van der Waals surface area contributed by atoms with Crippen molar-refractivity contribution in [3.63, 3.8) is 0 Å². The molecule has 1 amide bonds. The maximum atomic E-state index is 12.0. The third kappa shape index (κ3) is 2.95. The summed E-state index contributed by atoms with van der Waals surface area (Å²) in [7, 11) is 1.42. The number of nitrogens with zero attached hydrogens (tertiary/aromatic N) is 1. The van der Waals surface area contributed by atoms with Crippen molar-refractivity contribution in [2.24, 2.45) is 0 Å². The smallest absolute Gasteiger partial charge is 0.259 e. The van der Waals surface area contributed by atoms with Gasteiger partial charge in [0.25, 0.3) is 5.91 Å². The molecule has 2 rings (SSSR count). The second-order valence-electron chi connectivity index (χ2n) is 3.68. The van der Waals surface area contributed by atoms with Crippen LogP contribution in [0.4, 0.5) is 5.69 Å². The maximum Gasteiger partial charge on any atom is 0.259 e. The van der Waals surface area contributed by atoms with E-state index in [9.17, 15) is 9.90 Å². The summed E-state index contributed by atoms with van der Waals surface area (Å²) >= 11 is 5.72. The fraction of sp³-hybridized carbons (Fsp3) is 0.0769. The van der Waals surface area contributed by atoms with Gasteiger partial charge in [-0.2, -0.15) is 0 Å². The van der Waals surface area contributed by atoms with Gasteiger partial charge in [0.2, 0.25) is 0 Å². The third-order valence-electron chi connectivity index (χ3n) is 2.45. The van der Waals surface area contributed by atoms with Crippen LogP contribution in [-0.2, 0) is 0 Å². The molecule has 0 aliphatic rings. The Hall–Kier alpha value is -2.27. The van der Waals surface area contributed by atoms with E-state index in [0.29, 0.717) is 5.69 Å². The number of amides is 1. The lowest BCUT2D eigenvalue weighted by Crippen LogP contribution is -2.12. The van der Waals surface area contributed by atoms with Crippen molar-refractivity contribution in [2.75, 3.05) is 12.4 Å². The van der Waals surface area contributed by atoms with E-state index in [4.69, 9.17) is 16.3 Å². The van der Waals surface area contributed by atoms with E-state index in [-0.39, 0.29) is 22.2 Å². The number of carbonyl (C=O) groups is 1. The van der Waals surface area contributed by atoms with E-state index in [1.807, 2.05) is 0 Å². The summed E-state index contributed by atoms with van der Waals surface area (Å²) in [4.78, 5) is 15.8. The second kappa shape index (κ2) is 5.58. The quantitative estimate of drug-likeness (QED) is 0.847. The highest BCUT2D eigenvalue weighted by molar-refractivity contribution is 6.29. The summed E-state index contributed by atoms with van der Waals surface area (Å²) in [5.74, 6) is -0.429. The first-order valence-electron chi connectivity index (χ1n) is 5.40. The lowest BCUT2D eigenvalue weighted by Gasteiger charge is -2.09. The number of benzene rings is 1. The minimum Gasteiger partial charge on any atom is -0.504 e. The van der Waals surface area contributed by atoms with Crippen molar-refractivity contribution >= 4 is 23.2 Å². The average molecular weight is 279 g/mol. The molecule has 0 saturated carbocycles. The van der Waals surface area contributed by atoms with E-state index in [1.165, 1.54) is 25.4 Å². The van der Waals surface area contributed by atoms with Crippen molar-refractivity contribution in [3.8, 4) is 11.5 Å². The zero-order chi connectivity index (χ0) is 13.8.